The second kappa shape index (κ2) is 45.1. The van der Waals surface area contributed by atoms with Gasteiger partial charge in [-0.05, 0) is 64.2 Å². The molecule has 0 radical (unpaired) electrons. The maximum absolute atomic E-state index is 12.7. The molecule has 6 nitrogen and oxygen atoms in total. The number of esters is 3. The molecule has 324 valence electrons. The van der Waals surface area contributed by atoms with Crippen molar-refractivity contribution in [2.75, 3.05) is 13.2 Å². The monoisotopic (exact) mass is 785 g/mol. The van der Waals surface area contributed by atoms with Crippen molar-refractivity contribution >= 4 is 17.9 Å². The van der Waals surface area contributed by atoms with Crippen molar-refractivity contribution in [2.24, 2.45) is 0 Å². The third kappa shape index (κ3) is 42.5. The van der Waals surface area contributed by atoms with Crippen LogP contribution in [0.5, 0.6) is 0 Å². The van der Waals surface area contributed by atoms with E-state index >= 15 is 0 Å². The number of unbranched alkanes of at least 4 members (excludes halogenated alkanes) is 25. The third-order valence-electron chi connectivity index (χ3n) is 10.1. The van der Waals surface area contributed by atoms with Crippen molar-refractivity contribution in [3.63, 3.8) is 0 Å². The first-order chi connectivity index (χ1) is 27.5. The molecule has 0 N–H and O–H groups in total. The lowest BCUT2D eigenvalue weighted by molar-refractivity contribution is -0.167. The molecule has 0 aromatic heterocycles. The van der Waals surface area contributed by atoms with Crippen LogP contribution in [0.4, 0.5) is 0 Å². The molecule has 56 heavy (non-hydrogen) atoms. The summed E-state index contributed by atoms with van der Waals surface area (Å²) in [4.78, 5) is 37.7. The molecule has 1 unspecified atom stereocenters. The van der Waals surface area contributed by atoms with E-state index in [0.29, 0.717) is 25.7 Å². The summed E-state index contributed by atoms with van der Waals surface area (Å²) in [5.74, 6) is -0.945. The van der Waals surface area contributed by atoms with Gasteiger partial charge < -0.3 is 14.2 Å². The molecular formula is C50H88O6. The number of rotatable bonds is 42. The molecule has 0 amide bonds. The topological polar surface area (TPSA) is 78.9 Å². The quantitative estimate of drug-likeness (QED) is 0.0202. The molecule has 0 fully saturated rings. The highest BCUT2D eigenvalue weighted by atomic mass is 16.6. The van der Waals surface area contributed by atoms with Crippen LogP contribution in [0.15, 0.2) is 48.6 Å². The van der Waals surface area contributed by atoms with Crippen LogP contribution in [0.25, 0.3) is 0 Å². The minimum Gasteiger partial charge on any atom is -0.462 e. The number of hydrogen-bond acceptors (Lipinski definition) is 6. The van der Waals surface area contributed by atoms with E-state index in [1.165, 1.54) is 116 Å². The van der Waals surface area contributed by atoms with Crippen LogP contribution in [0, 0.1) is 0 Å². The Hall–Kier alpha value is -2.63. The van der Waals surface area contributed by atoms with Crippen LogP contribution >= 0.6 is 0 Å². The van der Waals surface area contributed by atoms with Crippen LogP contribution in [0.2, 0.25) is 0 Å². The van der Waals surface area contributed by atoms with E-state index in [1.807, 2.05) is 0 Å². The summed E-state index contributed by atoms with van der Waals surface area (Å²) in [6.07, 6.45) is 52.4. The summed E-state index contributed by atoms with van der Waals surface area (Å²) < 4.78 is 16.6. The zero-order valence-corrected chi connectivity index (χ0v) is 36.9. The zero-order valence-electron chi connectivity index (χ0n) is 36.9. The molecule has 0 aromatic carbocycles. The Labute approximate surface area is 346 Å². The fraction of sp³-hybridized carbons (Fsp3) is 0.780. The number of ether oxygens (including phenoxy) is 3. The maximum Gasteiger partial charge on any atom is 0.306 e. The minimum atomic E-state index is -0.787. The average molecular weight is 785 g/mol. The highest BCUT2D eigenvalue weighted by Crippen LogP contribution is 2.14. The van der Waals surface area contributed by atoms with Crippen molar-refractivity contribution < 1.29 is 28.6 Å². The molecule has 0 aliphatic heterocycles. The van der Waals surface area contributed by atoms with E-state index in [1.54, 1.807) is 0 Å². The first kappa shape index (κ1) is 53.4. The predicted molar refractivity (Wildman–Crippen MR) is 238 cm³/mol. The van der Waals surface area contributed by atoms with Crippen LogP contribution in [0.1, 0.15) is 233 Å². The summed E-state index contributed by atoms with van der Waals surface area (Å²) in [7, 11) is 0. The number of carbonyl (C=O) groups excluding carboxylic acids is 3. The predicted octanol–water partition coefficient (Wildman–Crippen LogP) is 15.1. The van der Waals surface area contributed by atoms with Crippen molar-refractivity contribution in [1.29, 1.82) is 0 Å². The molecule has 6 heteroatoms. The smallest absolute Gasteiger partial charge is 0.306 e. The Morgan fingerprint density at radius 3 is 1.12 bits per heavy atom. The van der Waals surface area contributed by atoms with Crippen molar-refractivity contribution in [3.8, 4) is 0 Å². The van der Waals surface area contributed by atoms with Crippen LogP contribution in [0.3, 0.4) is 0 Å². The summed E-state index contributed by atoms with van der Waals surface area (Å²) in [5.41, 5.74) is 0. The highest BCUT2D eigenvalue weighted by Gasteiger charge is 2.19. The Morgan fingerprint density at radius 2 is 0.679 bits per heavy atom. The van der Waals surface area contributed by atoms with Crippen molar-refractivity contribution in [2.45, 2.75) is 239 Å². The second-order valence-electron chi connectivity index (χ2n) is 15.7. The lowest BCUT2D eigenvalue weighted by Crippen LogP contribution is -2.30. The van der Waals surface area contributed by atoms with Gasteiger partial charge in [0.05, 0.1) is 0 Å². The molecule has 1 atom stereocenters. The lowest BCUT2D eigenvalue weighted by atomic mass is 10.1. The largest absolute Gasteiger partial charge is 0.462 e. The normalized spacial score (nSPS) is 12.4. The fourth-order valence-corrected chi connectivity index (χ4v) is 6.51. The van der Waals surface area contributed by atoms with Gasteiger partial charge in [-0.15, -0.1) is 0 Å². The molecule has 0 saturated heterocycles. The van der Waals surface area contributed by atoms with Gasteiger partial charge in [-0.1, -0.05) is 198 Å². The lowest BCUT2D eigenvalue weighted by Gasteiger charge is -2.18. The van der Waals surface area contributed by atoms with E-state index in [2.05, 4.69) is 69.4 Å². The van der Waals surface area contributed by atoms with E-state index in [-0.39, 0.29) is 31.1 Å². The SMILES string of the molecule is CCCCCC/C=C\CCCC(=O)OCC(COC(=O)CCCCCCC\C=C/C=C\C=C/CCCCCCC)OC(=O)CCCCCCCCCCCCC. The van der Waals surface area contributed by atoms with Crippen molar-refractivity contribution in [3.05, 3.63) is 48.6 Å². The molecule has 0 rings (SSSR count). The summed E-state index contributed by atoms with van der Waals surface area (Å²) >= 11 is 0. The van der Waals surface area contributed by atoms with Gasteiger partial charge in [0.2, 0.25) is 0 Å². The summed E-state index contributed by atoms with van der Waals surface area (Å²) in [6.45, 7) is 6.53. The van der Waals surface area contributed by atoms with Gasteiger partial charge in [0.25, 0.3) is 0 Å². The van der Waals surface area contributed by atoms with Gasteiger partial charge >= 0.3 is 17.9 Å². The highest BCUT2D eigenvalue weighted by molar-refractivity contribution is 5.71. The molecule has 0 aromatic rings. The Balaban J connectivity index is 4.37. The van der Waals surface area contributed by atoms with Gasteiger partial charge in [0.1, 0.15) is 13.2 Å². The Bertz CT molecular complexity index is 996. The van der Waals surface area contributed by atoms with Crippen molar-refractivity contribution in [1.82, 2.24) is 0 Å². The summed E-state index contributed by atoms with van der Waals surface area (Å²) in [5, 5.41) is 0. The van der Waals surface area contributed by atoms with Gasteiger partial charge in [-0.25, -0.2) is 0 Å². The van der Waals surface area contributed by atoms with E-state index in [9.17, 15) is 14.4 Å². The minimum absolute atomic E-state index is 0.0908. The van der Waals surface area contributed by atoms with Gasteiger partial charge in [-0.2, -0.15) is 0 Å². The third-order valence-corrected chi connectivity index (χ3v) is 10.1. The average Bonchev–Trinajstić information content (AvgIpc) is 3.19. The molecule has 0 aliphatic carbocycles. The molecule has 0 heterocycles. The van der Waals surface area contributed by atoms with Crippen LogP contribution < -0.4 is 0 Å². The van der Waals surface area contributed by atoms with Gasteiger partial charge in [-0.3, -0.25) is 14.4 Å². The molecule has 0 bridgehead atoms. The Kier molecular flexibility index (Phi) is 43.0. The second-order valence-corrected chi connectivity index (χ2v) is 15.7. The number of carbonyl (C=O) groups is 3. The van der Waals surface area contributed by atoms with E-state index < -0.39 is 6.10 Å². The number of allylic oxidation sites excluding steroid dienone is 8. The summed E-state index contributed by atoms with van der Waals surface area (Å²) in [6, 6.07) is 0. The first-order valence-corrected chi connectivity index (χ1v) is 23.7. The van der Waals surface area contributed by atoms with E-state index in [0.717, 1.165) is 70.6 Å². The van der Waals surface area contributed by atoms with Crippen LogP contribution in [-0.2, 0) is 28.6 Å². The Morgan fingerprint density at radius 1 is 0.357 bits per heavy atom. The molecule has 0 saturated carbocycles. The number of hydrogen-bond donors (Lipinski definition) is 0. The molecule has 0 spiro atoms. The zero-order chi connectivity index (χ0) is 40.8. The maximum atomic E-state index is 12.7. The first-order valence-electron chi connectivity index (χ1n) is 23.7. The molecule has 0 aliphatic rings. The van der Waals surface area contributed by atoms with E-state index in [4.69, 9.17) is 14.2 Å². The van der Waals surface area contributed by atoms with Gasteiger partial charge in [0.15, 0.2) is 6.10 Å². The van der Waals surface area contributed by atoms with Gasteiger partial charge in [0, 0.05) is 19.3 Å². The fourth-order valence-electron chi connectivity index (χ4n) is 6.51. The van der Waals surface area contributed by atoms with Crippen LogP contribution in [-0.4, -0.2) is 37.2 Å². The standard InChI is InChI=1S/C50H88O6/c1-4-7-10-13-16-19-21-22-23-24-25-26-27-29-31-34-37-40-43-49(52)55-46-47(45-54-48(51)42-39-36-33-30-18-15-12-9-6-3)56-50(53)44-41-38-35-32-28-20-17-14-11-8-5-2/h21-26,30,33,47H,4-20,27-29,31-32,34-46H2,1-3H3/b22-21-,24-23-,26-25-,33-30-. The molecular weight excluding hydrogens is 697 g/mol.